The fourth-order valence-corrected chi connectivity index (χ4v) is 5.63. The second-order valence-electron chi connectivity index (χ2n) is 8.62. The fourth-order valence-electron chi connectivity index (χ4n) is 5.41. The first-order chi connectivity index (χ1) is 12.9. The topological polar surface area (TPSA) is 63.1 Å². The maximum atomic E-state index is 12.6. The van der Waals surface area contributed by atoms with E-state index in [0.29, 0.717) is 12.5 Å². The summed E-state index contributed by atoms with van der Waals surface area (Å²) >= 11 is 6.23. The average molecular weight is 391 g/mol. The van der Waals surface area contributed by atoms with Crippen LogP contribution in [0.25, 0.3) is 0 Å². The van der Waals surface area contributed by atoms with Gasteiger partial charge in [0.05, 0.1) is 12.6 Å². The molecule has 0 aromatic heterocycles. The van der Waals surface area contributed by atoms with Crippen molar-refractivity contribution in [2.75, 3.05) is 6.54 Å². The predicted molar refractivity (Wildman–Crippen MR) is 104 cm³/mol. The lowest BCUT2D eigenvalue weighted by Crippen LogP contribution is -2.84. The number of aliphatic hydroxyl groups excluding tert-OH is 1. The Morgan fingerprint density at radius 3 is 2.93 bits per heavy atom. The summed E-state index contributed by atoms with van der Waals surface area (Å²) in [5, 5.41) is 14.2. The zero-order valence-electron chi connectivity index (χ0n) is 16.0. The summed E-state index contributed by atoms with van der Waals surface area (Å²) in [4.78, 5) is 12.6. The number of esters is 1. The molecule has 0 radical (unpaired) electrons. The molecule has 1 aromatic rings. The van der Waals surface area contributed by atoms with Gasteiger partial charge >= 0.3 is 5.97 Å². The number of hydrogen-bond acceptors (Lipinski definition) is 3. The normalized spacial score (nSPS) is 38.0. The van der Waals surface area contributed by atoms with Crippen molar-refractivity contribution in [2.24, 2.45) is 23.2 Å². The molecule has 4 rings (SSSR count). The Morgan fingerprint density at radius 2 is 2.15 bits per heavy atom. The van der Waals surface area contributed by atoms with Gasteiger partial charge in [0.1, 0.15) is 18.6 Å². The summed E-state index contributed by atoms with van der Waals surface area (Å²) in [6.07, 6.45) is 4.46. The summed E-state index contributed by atoms with van der Waals surface area (Å²) in [7, 11) is 0. The Balaban J connectivity index is 1.50. The number of hydrogen-bond donors (Lipinski definition) is 2. The largest absolute Gasteiger partial charge is 0.461 e. The zero-order chi connectivity index (χ0) is 19.2. The summed E-state index contributed by atoms with van der Waals surface area (Å²) in [6.45, 7) is 5.74. The van der Waals surface area contributed by atoms with Gasteiger partial charge in [-0.1, -0.05) is 55.3 Å². The summed E-state index contributed by atoms with van der Waals surface area (Å²) < 4.78 is 5.72. The van der Waals surface area contributed by atoms with Gasteiger partial charge in [-0.05, 0) is 24.8 Å². The summed E-state index contributed by atoms with van der Waals surface area (Å²) in [6, 6.07) is 7.78. The van der Waals surface area contributed by atoms with Crippen molar-refractivity contribution in [3.8, 4) is 0 Å². The zero-order valence-corrected chi connectivity index (χ0v) is 16.8. The first kappa shape index (κ1) is 19.0. The lowest BCUT2D eigenvalue weighted by atomic mass is 9.55. The number of halogens is 1. The molecule has 1 aromatic carbocycles. The Morgan fingerprint density at radius 1 is 1.37 bits per heavy atom. The minimum absolute atomic E-state index is 0.123. The van der Waals surface area contributed by atoms with Crippen LogP contribution >= 0.6 is 11.6 Å². The van der Waals surface area contributed by atoms with E-state index in [1.165, 1.54) is 5.57 Å². The van der Waals surface area contributed by atoms with E-state index < -0.39 is 6.10 Å². The van der Waals surface area contributed by atoms with Gasteiger partial charge in [-0.25, -0.2) is 0 Å². The molecule has 1 heterocycles. The first-order valence-electron chi connectivity index (χ1n) is 10.1. The van der Waals surface area contributed by atoms with Crippen LogP contribution in [0.3, 0.4) is 0 Å². The monoisotopic (exact) mass is 390 g/mol. The summed E-state index contributed by atoms with van der Waals surface area (Å²) in [5.74, 6) is -0.130. The lowest BCUT2D eigenvalue weighted by molar-refractivity contribution is -0.675. The van der Waals surface area contributed by atoms with E-state index in [0.717, 1.165) is 36.4 Å². The van der Waals surface area contributed by atoms with Crippen molar-refractivity contribution < 1.29 is 20.0 Å². The average Bonchev–Trinajstić information content (AvgIpc) is 2.95. The third-order valence-corrected chi connectivity index (χ3v) is 7.68. The highest BCUT2D eigenvalue weighted by atomic mass is 35.5. The Bertz CT molecular complexity index is 764. The maximum absolute atomic E-state index is 12.6. The van der Waals surface area contributed by atoms with Crippen LogP contribution in [0.15, 0.2) is 35.9 Å². The molecule has 0 unspecified atom stereocenters. The standard InChI is InChI=1S/C22H28ClNO3/c1-13-6-5-8-15-10-18-19(20(25)22(13,15)2)16(21(26)27-18)12-24-11-14-7-3-4-9-17(14)23/h3-4,7-9,13,16,18-20,24-25H,5-6,10-12H2,1-2H3/p+1/t13-,16-,18+,19+,20-,22+/m0/s1. The Hall–Kier alpha value is -1.36. The van der Waals surface area contributed by atoms with Gasteiger partial charge in [0.15, 0.2) is 0 Å². The van der Waals surface area contributed by atoms with Gasteiger partial charge < -0.3 is 15.2 Å². The fraction of sp³-hybridized carbons (Fsp3) is 0.591. The maximum Gasteiger partial charge on any atom is 0.315 e. The summed E-state index contributed by atoms with van der Waals surface area (Å²) in [5.41, 5.74) is 2.10. The minimum atomic E-state index is -0.539. The second kappa shape index (κ2) is 7.23. The molecule has 3 N–H and O–H groups in total. The highest BCUT2D eigenvalue weighted by Crippen LogP contribution is 2.55. The number of carbonyl (C=O) groups is 1. The number of ether oxygens (including phenoxy) is 1. The highest BCUT2D eigenvalue weighted by molar-refractivity contribution is 6.31. The van der Waals surface area contributed by atoms with E-state index in [-0.39, 0.29) is 29.3 Å². The molecule has 5 heteroatoms. The van der Waals surface area contributed by atoms with E-state index in [1.54, 1.807) is 0 Å². The van der Waals surface area contributed by atoms with Crippen LogP contribution in [0, 0.1) is 23.2 Å². The number of rotatable bonds is 4. The lowest BCUT2D eigenvalue weighted by Gasteiger charge is -2.51. The number of aliphatic hydroxyl groups is 1. The number of nitrogens with two attached hydrogens (primary N) is 1. The minimum Gasteiger partial charge on any atom is -0.461 e. The van der Waals surface area contributed by atoms with Gasteiger partial charge in [0.2, 0.25) is 0 Å². The predicted octanol–water partition coefficient (Wildman–Crippen LogP) is 2.69. The SMILES string of the molecule is C[C@H]1CCC=C2C[C@H]3OC(=O)[C@@H](C[NH2+]Cc4ccccc4Cl)[C@H]3[C@H](O)[C@@]21C. The number of carbonyl (C=O) groups excluding carboxylic acids is 1. The van der Waals surface area contributed by atoms with Crippen LogP contribution in [0.2, 0.25) is 5.02 Å². The molecule has 27 heavy (non-hydrogen) atoms. The van der Waals surface area contributed by atoms with Crippen molar-refractivity contribution in [1.29, 1.82) is 0 Å². The third-order valence-electron chi connectivity index (χ3n) is 7.31. The second-order valence-corrected chi connectivity index (χ2v) is 9.03. The molecule has 2 fully saturated rings. The third kappa shape index (κ3) is 3.12. The number of fused-ring (bicyclic) bond motifs is 2. The van der Waals surface area contributed by atoms with Gasteiger partial charge in [0, 0.05) is 28.3 Å². The van der Waals surface area contributed by atoms with Crippen LogP contribution in [-0.4, -0.2) is 29.8 Å². The molecule has 146 valence electrons. The molecular weight excluding hydrogens is 362 g/mol. The van der Waals surface area contributed by atoms with Crippen molar-refractivity contribution in [3.63, 3.8) is 0 Å². The molecule has 2 aliphatic carbocycles. The van der Waals surface area contributed by atoms with Crippen molar-refractivity contribution in [1.82, 2.24) is 0 Å². The molecule has 0 amide bonds. The Kier molecular flexibility index (Phi) is 5.08. The molecule has 1 saturated carbocycles. The molecule has 0 spiro atoms. The van der Waals surface area contributed by atoms with E-state index in [1.807, 2.05) is 24.3 Å². The number of benzene rings is 1. The van der Waals surface area contributed by atoms with Crippen LogP contribution in [0.5, 0.6) is 0 Å². The van der Waals surface area contributed by atoms with E-state index in [4.69, 9.17) is 16.3 Å². The first-order valence-corrected chi connectivity index (χ1v) is 10.4. The molecule has 4 nitrogen and oxygen atoms in total. The molecule has 0 bridgehead atoms. The molecular formula is C22H29ClNO3+. The van der Waals surface area contributed by atoms with Gasteiger partial charge in [-0.15, -0.1) is 0 Å². The van der Waals surface area contributed by atoms with Crippen LogP contribution in [-0.2, 0) is 16.1 Å². The molecule has 1 saturated heterocycles. The highest BCUT2D eigenvalue weighted by Gasteiger charge is 2.60. The van der Waals surface area contributed by atoms with E-state index in [9.17, 15) is 9.90 Å². The Labute approximate surface area is 165 Å². The van der Waals surface area contributed by atoms with Crippen molar-refractivity contribution in [2.45, 2.75) is 51.9 Å². The van der Waals surface area contributed by atoms with Crippen LogP contribution in [0.4, 0.5) is 0 Å². The number of allylic oxidation sites excluding steroid dienone is 1. The number of quaternary nitrogens is 1. The molecule has 6 atom stereocenters. The smallest absolute Gasteiger partial charge is 0.315 e. The van der Waals surface area contributed by atoms with Crippen molar-refractivity contribution in [3.05, 3.63) is 46.5 Å². The van der Waals surface area contributed by atoms with Gasteiger partial charge in [0.25, 0.3) is 0 Å². The quantitative estimate of drug-likeness (QED) is 0.613. The molecule has 3 aliphatic rings. The van der Waals surface area contributed by atoms with E-state index in [2.05, 4.69) is 25.2 Å². The molecule has 1 aliphatic heterocycles. The van der Waals surface area contributed by atoms with Gasteiger partial charge in [-0.2, -0.15) is 0 Å². The van der Waals surface area contributed by atoms with Crippen molar-refractivity contribution >= 4 is 17.6 Å². The van der Waals surface area contributed by atoms with E-state index >= 15 is 0 Å². The van der Waals surface area contributed by atoms with Crippen LogP contribution < -0.4 is 5.32 Å². The van der Waals surface area contributed by atoms with Crippen LogP contribution in [0.1, 0.15) is 38.7 Å². The van der Waals surface area contributed by atoms with Gasteiger partial charge in [-0.3, -0.25) is 4.79 Å².